The zero-order valence-electron chi connectivity index (χ0n) is 2.89. The molecule has 0 atom stereocenters. The van der Waals surface area contributed by atoms with Gasteiger partial charge in [0, 0.05) is 0 Å². The summed E-state index contributed by atoms with van der Waals surface area (Å²) < 4.78 is 0. The second-order valence-corrected chi connectivity index (χ2v) is 0.846. The molecule has 0 saturated heterocycles. The number of nitrogens with two attached hydrogens (primary N) is 2. The van der Waals surface area contributed by atoms with Crippen molar-refractivity contribution in [3.63, 3.8) is 0 Å². The molecule has 0 aromatic rings. The molecule has 0 aromatic heterocycles. The van der Waals surface area contributed by atoms with Crippen LogP contribution in [0.15, 0.2) is 0 Å². The summed E-state index contributed by atoms with van der Waals surface area (Å²) in [6.45, 7) is -0.139. The Hall–Kier alpha value is -0.120. The minimum Gasteiger partial charge on any atom is -0.393 e. The summed E-state index contributed by atoms with van der Waals surface area (Å²) in [5.74, 6) is 0. The molecule has 0 radical (unpaired) electrons. The van der Waals surface area contributed by atoms with Crippen molar-refractivity contribution in [2.45, 2.75) is 6.17 Å². The standard InChI is InChI=1S/C2H8N2O/c3-2(4)1-5/h2,5H,1,3-4H2. The minimum absolute atomic E-state index is 0.139. The van der Waals surface area contributed by atoms with Gasteiger partial charge >= 0.3 is 0 Å². The smallest absolute Gasteiger partial charge is 0.0759 e. The fourth-order valence-electron chi connectivity index (χ4n) is 0. The van der Waals surface area contributed by atoms with Gasteiger partial charge in [-0.1, -0.05) is 0 Å². The summed E-state index contributed by atoms with van der Waals surface area (Å²) in [5, 5.41) is 7.89. The quantitative estimate of drug-likeness (QED) is 0.323. The van der Waals surface area contributed by atoms with Gasteiger partial charge in [-0.25, -0.2) is 0 Å². The lowest BCUT2D eigenvalue weighted by atomic mass is 10.6. The van der Waals surface area contributed by atoms with Crippen molar-refractivity contribution < 1.29 is 5.11 Å². The third-order valence-electron chi connectivity index (χ3n) is 0.211. The fourth-order valence-corrected chi connectivity index (χ4v) is 0. The molecule has 0 aliphatic rings. The van der Waals surface area contributed by atoms with Crippen molar-refractivity contribution in [2.24, 2.45) is 11.5 Å². The van der Waals surface area contributed by atoms with Gasteiger partial charge in [0.05, 0.1) is 12.8 Å². The van der Waals surface area contributed by atoms with Gasteiger partial charge in [0.15, 0.2) is 0 Å². The molecule has 0 aliphatic carbocycles. The maximum Gasteiger partial charge on any atom is 0.0759 e. The lowest BCUT2D eigenvalue weighted by Gasteiger charge is -1.92. The molecular formula is C2H8N2O. The van der Waals surface area contributed by atoms with E-state index < -0.39 is 6.17 Å². The highest BCUT2D eigenvalue weighted by molar-refractivity contribution is 4.40. The summed E-state index contributed by atoms with van der Waals surface area (Å²) >= 11 is 0. The van der Waals surface area contributed by atoms with Gasteiger partial charge in [-0.3, -0.25) is 0 Å². The first kappa shape index (κ1) is 4.88. The topological polar surface area (TPSA) is 72.3 Å². The fraction of sp³-hybridized carbons (Fsp3) is 1.00. The van der Waals surface area contributed by atoms with Crippen LogP contribution in [-0.4, -0.2) is 17.9 Å². The van der Waals surface area contributed by atoms with Crippen LogP contribution >= 0.6 is 0 Å². The summed E-state index contributed by atoms with van der Waals surface area (Å²) in [6.07, 6.45) is -0.560. The molecule has 32 valence electrons. The van der Waals surface area contributed by atoms with Crippen LogP contribution in [0.25, 0.3) is 0 Å². The Morgan fingerprint density at radius 1 is 1.60 bits per heavy atom. The van der Waals surface area contributed by atoms with Crippen LogP contribution in [0.5, 0.6) is 0 Å². The molecule has 5 heavy (non-hydrogen) atoms. The Balaban J connectivity index is 2.54. The highest BCUT2D eigenvalue weighted by atomic mass is 16.3. The van der Waals surface area contributed by atoms with E-state index >= 15 is 0 Å². The largest absolute Gasteiger partial charge is 0.393 e. The van der Waals surface area contributed by atoms with E-state index in [1.54, 1.807) is 0 Å². The summed E-state index contributed by atoms with van der Waals surface area (Å²) in [5.41, 5.74) is 9.64. The first-order valence-electron chi connectivity index (χ1n) is 1.39. The number of aliphatic hydroxyl groups is 1. The van der Waals surface area contributed by atoms with Gasteiger partial charge in [-0.05, 0) is 0 Å². The second kappa shape index (κ2) is 2.14. The highest BCUT2D eigenvalue weighted by Crippen LogP contribution is 1.49. The predicted octanol–water partition coefficient (Wildman–Crippen LogP) is -1.78. The zero-order valence-corrected chi connectivity index (χ0v) is 2.89. The molecule has 3 nitrogen and oxygen atoms in total. The zero-order chi connectivity index (χ0) is 4.28. The summed E-state index contributed by atoms with van der Waals surface area (Å²) in [7, 11) is 0. The molecule has 0 bridgehead atoms. The Morgan fingerprint density at radius 3 is 1.80 bits per heavy atom. The van der Waals surface area contributed by atoms with Gasteiger partial charge < -0.3 is 16.6 Å². The Bertz CT molecular complexity index is 21.6. The number of aliphatic hydroxyl groups excluding tert-OH is 1. The van der Waals surface area contributed by atoms with E-state index in [-0.39, 0.29) is 6.61 Å². The molecule has 0 fully saturated rings. The predicted molar refractivity (Wildman–Crippen MR) is 19.2 cm³/mol. The lowest BCUT2D eigenvalue weighted by molar-refractivity contribution is 0.268. The molecule has 0 amide bonds. The van der Waals surface area contributed by atoms with E-state index in [0.29, 0.717) is 0 Å². The number of hydrogen-bond donors (Lipinski definition) is 3. The molecule has 0 aromatic carbocycles. The first-order chi connectivity index (χ1) is 2.27. The molecule has 0 heterocycles. The maximum atomic E-state index is 7.89. The molecule has 0 rings (SSSR count). The van der Waals surface area contributed by atoms with Crippen molar-refractivity contribution in [2.75, 3.05) is 6.61 Å². The third-order valence-corrected chi connectivity index (χ3v) is 0.211. The average molecular weight is 76.1 g/mol. The van der Waals surface area contributed by atoms with Crippen molar-refractivity contribution in [1.29, 1.82) is 0 Å². The molecule has 0 aliphatic heterocycles. The highest BCUT2D eigenvalue weighted by Gasteiger charge is 1.80. The second-order valence-electron chi connectivity index (χ2n) is 0.846. The van der Waals surface area contributed by atoms with Crippen LogP contribution in [0.4, 0.5) is 0 Å². The Labute approximate surface area is 30.6 Å². The van der Waals surface area contributed by atoms with E-state index in [9.17, 15) is 0 Å². The van der Waals surface area contributed by atoms with Crippen molar-refractivity contribution >= 4 is 0 Å². The summed E-state index contributed by atoms with van der Waals surface area (Å²) in [4.78, 5) is 0. The van der Waals surface area contributed by atoms with Gasteiger partial charge in [-0.15, -0.1) is 0 Å². The van der Waals surface area contributed by atoms with Crippen molar-refractivity contribution in [3.05, 3.63) is 0 Å². The van der Waals surface area contributed by atoms with Crippen LogP contribution in [0.3, 0.4) is 0 Å². The number of rotatable bonds is 1. The molecule has 0 spiro atoms. The molecule has 3 heteroatoms. The maximum absolute atomic E-state index is 7.89. The van der Waals surface area contributed by atoms with Crippen molar-refractivity contribution in [3.8, 4) is 0 Å². The van der Waals surface area contributed by atoms with Crippen LogP contribution in [0, 0.1) is 0 Å². The van der Waals surface area contributed by atoms with E-state index in [0.717, 1.165) is 0 Å². The van der Waals surface area contributed by atoms with Crippen LogP contribution in [0.2, 0.25) is 0 Å². The monoisotopic (exact) mass is 76.1 g/mol. The lowest BCUT2D eigenvalue weighted by Crippen LogP contribution is -2.33. The van der Waals surface area contributed by atoms with Crippen LogP contribution < -0.4 is 11.5 Å². The van der Waals surface area contributed by atoms with Crippen molar-refractivity contribution in [1.82, 2.24) is 0 Å². The minimum atomic E-state index is -0.560. The normalized spacial score (nSPS) is 9.60. The Kier molecular flexibility index (Phi) is 2.09. The van der Waals surface area contributed by atoms with Gasteiger partial charge in [0.1, 0.15) is 0 Å². The third kappa shape index (κ3) is 3.88. The van der Waals surface area contributed by atoms with Gasteiger partial charge in [0.2, 0.25) is 0 Å². The average Bonchev–Trinajstić information content (AvgIpc) is 1.38. The first-order valence-corrected chi connectivity index (χ1v) is 1.39. The summed E-state index contributed by atoms with van der Waals surface area (Å²) in [6, 6.07) is 0. The van der Waals surface area contributed by atoms with Crippen LogP contribution in [0.1, 0.15) is 0 Å². The van der Waals surface area contributed by atoms with E-state index in [1.807, 2.05) is 0 Å². The molecule has 5 N–H and O–H groups in total. The van der Waals surface area contributed by atoms with Crippen LogP contribution in [-0.2, 0) is 0 Å². The van der Waals surface area contributed by atoms with Gasteiger partial charge in [0.25, 0.3) is 0 Å². The SMILES string of the molecule is NC(N)CO. The Morgan fingerprint density at radius 2 is 1.80 bits per heavy atom. The van der Waals surface area contributed by atoms with Gasteiger partial charge in [-0.2, -0.15) is 0 Å². The molecular weight excluding hydrogens is 68.0 g/mol. The van der Waals surface area contributed by atoms with E-state index in [4.69, 9.17) is 16.6 Å². The molecule has 0 saturated carbocycles. The number of hydrogen-bond acceptors (Lipinski definition) is 3. The molecule has 0 unspecified atom stereocenters. The van der Waals surface area contributed by atoms with E-state index in [2.05, 4.69) is 0 Å². The van der Waals surface area contributed by atoms with E-state index in [1.165, 1.54) is 0 Å².